The van der Waals surface area contributed by atoms with Crippen molar-refractivity contribution in [3.63, 3.8) is 0 Å². The number of thiazole rings is 1. The van der Waals surface area contributed by atoms with Crippen LogP contribution in [0, 0.1) is 6.92 Å². The maximum Gasteiger partial charge on any atom is 0.110 e. The molecule has 0 saturated carbocycles. The maximum absolute atomic E-state index is 4.53. The van der Waals surface area contributed by atoms with Crippen LogP contribution in [0.4, 0.5) is 0 Å². The van der Waals surface area contributed by atoms with E-state index >= 15 is 0 Å². The van der Waals surface area contributed by atoms with Gasteiger partial charge in [-0.25, -0.2) is 9.97 Å². The fourth-order valence-corrected chi connectivity index (χ4v) is 2.68. The summed E-state index contributed by atoms with van der Waals surface area (Å²) < 4.78 is 2.08. The maximum atomic E-state index is 4.53. The highest BCUT2D eigenvalue weighted by atomic mass is 32.1. The topological polar surface area (TPSA) is 42.7 Å². The Morgan fingerprint density at radius 2 is 2.41 bits per heavy atom. The Morgan fingerprint density at radius 1 is 1.53 bits per heavy atom. The van der Waals surface area contributed by atoms with Crippen molar-refractivity contribution in [3.8, 4) is 0 Å². The third kappa shape index (κ3) is 3.38. The number of nitrogens with one attached hydrogen (secondary N) is 1. The van der Waals surface area contributed by atoms with Gasteiger partial charge in [0.1, 0.15) is 5.01 Å². The zero-order valence-electron chi connectivity index (χ0n) is 10.3. The monoisotopic (exact) mass is 250 g/mol. The summed E-state index contributed by atoms with van der Waals surface area (Å²) in [5.41, 5.74) is 1.11. The molecule has 0 saturated heterocycles. The van der Waals surface area contributed by atoms with Crippen LogP contribution in [0.5, 0.6) is 0 Å². The second kappa shape index (κ2) is 5.93. The first-order valence-electron chi connectivity index (χ1n) is 5.90. The molecule has 0 fully saturated rings. The fourth-order valence-electron chi connectivity index (χ4n) is 1.73. The van der Waals surface area contributed by atoms with Crippen LogP contribution >= 0.6 is 11.3 Å². The highest BCUT2D eigenvalue weighted by Gasteiger charge is 2.11. The molecule has 0 aliphatic heterocycles. The van der Waals surface area contributed by atoms with Gasteiger partial charge in [-0.1, -0.05) is 6.92 Å². The lowest BCUT2D eigenvalue weighted by molar-refractivity contribution is 0.490. The van der Waals surface area contributed by atoms with E-state index in [-0.39, 0.29) is 0 Å². The van der Waals surface area contributed by atoms with E-state index in [0.29, 0.717) is 6.04 Å². The molecule has 1 atom stereocenters. The standard InChI is InChI=1S/C12H18N4S/c1-3-11(12-15-10(2)8-17-12)14-5-7-16-6-4-13-9-16/h4,6,8-9,11,14H,3,5,7H2,1-2H3/t11-/m1/s1. The van der Waals surface area contributed by atoms with E-state index in [1.54, 1.807) is 11.3 Å². The Labute approximate surface area is 106 Å². The smallest absolute Gasteiger partial charge is 0.110 e. The lowest BCUT2D eigenvalue weighted by Crippen LogP contribution is -2.24. The van der Waals surface area contributed by atoms with Gasteiger partial charge < -0.3 is 9.88 Å². The van der Waals surface area contributed by atoms with Crippen LogP contribution in [0.2, 0.25) is 0 Å². The molecule has 17 heavy (non-hydrogen) atoms. The minimum Gasteiger partial charge on any atom is -0.336 e. The minimum atomic E-state index is 0.372. The number of rotatable bonds is 6. The first-order chi connectivity index (χ1) is 8.29. The van der Waals surface area contributed by atoms with Crippen molar-refractivity contribution in [2.24, 2.45) is 0 Å². The molecule has 0 aliphatic rings. The number of aryl methyl sites for hydroxylation is 1. The van der Waals surface area contributed by atoms with Gasteiger partial charge in [-0.3, -0.25) is 0 Å². The molecular weight excluding hydrogens is 232 g/mol. The zero-order valence-corrected chi connectivity index (χ0v) is 11.1. The van der Waals surface area contributed by atoms with Gasteiger partial charge in [0, 0.05) is 36.6 Å². The van der Waals surface area contributed by atoms with E-state index < -0.39 is 0 Å². The molecule has 0 aliphatic carbocycles. The van der Waals surface area contributed by atoms with Gasteiger partial charge in [0.15, 0.2) is 0 Å². The molecule has 0 spiro atoms. The van der Waals surface area contributed by atoms with E-state index in [4.69, 9.17) is 0 Å². The van der Waals surface area contributed by atoms with Gasteiger partial charge in [0.25, 0.3) is 0 Å². The normalized spacial score (nSPS) is 12.8. The van der Waals surface area contributed by atoms with Crippen LogP contribution in [0.3, 0.4) is 0 Å². The summed E-state index contributed by atoms with van der Waals surface area (Å²) >= 11 is 1.74. The summed E-state index contributed by atoms with van der Waals surface area (Å²) in [5, 5.41) is 6.83. The molecule has 2 heterocycles. The Hall–Kier alpha value is -1.20. The Morgan fingerprint density at radius 3 is 3.00 bits per heavy atom. The van der Waals surface area contributed by atoms with E-state index in [0.717, 1.165) is 25.2 Å². The lowest BCUT2D eigenvalue weighted by atomic mass is 10.2. The molecular formula is C12H18N4S. The van der Waals surface area contributed by atoms with E-state index in [1.165, 1.54) is 5.01 Å². The second-order valence-corrected chi connectivity index (χ2v) is 4.93. The van der Waals surface area contributed by atoms with Crippen molar-refractivity contribution in [1.29, 1.82) is 0 Å². The summed E-state index contributed by atoms with van der Waals surface area (Å²) in [7, 11) is 0. The minimum absolute atomic E-state index is 0.372. The van der Waals surface area contributed by atoms with E-state index in [2.05, 4.69) is 32.2 Å². The molecule has 0 amide bonds. The van der Waals surface area contributed by atoms with Gasteiger partial charge in [0.2, 0.25) is 0 Å². The highest BCUT2D eigenvalue weighted by molar-refractivity contribution is 7.09. The van der Waals surface area contributed by atoms with Crippen molar-refractivity contribution < 1.29 is 0 Å². The molecule has 2 aromatic rings. The molecule has 0 aromatic carbocycles. The molecule has 1 N–H and O–H groups in total. The number of hydrogen-bond donors (Lipinski definition) is 1. The van der Waals surface area contributed by atoms with Crippen molar-refractivity contribution in [2.45, 2.75) is 32.9 Å². The van der Waals surface area contributed by atoms with Crippen LogP contribution in [-0.4, -0.2) is 21.1 Å². The lowest BCUT2D eigenvalue weighted by Gasteiger charge is -2.14. The second-order valence-electron chi connectivity index (χ2n) is 4.04. The molecule has 92 valence electrons. The number of nitrogens with zero attached hydrogens (tertiary/aromatic N) is 3. The van der Waals surface area contributed by atoms with Gasteiger partial charge in [0.05, 0.1) is 12.4 Å². The van der Waals surface area contributed by atoms with E-state index in [1.807, 2.05) is 25.6 Å². The summed E-state index contributed by atoms with van der Waals surface area (Å²) in [6.45, 7) is 6.11. The van der Waals surface area contributed by atoms with Crippen molar-refractivity contribution in [2.75, 3.05) is 6.54 Å². The average Bonchev–Trinajstić information content (AvgIpc) is 2.96. The predicted octanol–water partition coefficient (Wildman–Crippen LogP) is 2.39. The zero-order chi connectivity index (χ0) is 12.1. The van der Waals surface area contributed by atoms with Crippen molar-refractivity contribution >= 4 is 11.3 Å². The van der Waals surface area contributed by atoms with Gasteiger partial charge in [-0.2, -0.15) is 0 Å². The van der Waals surface area contributed by atoms with Crippen molar-refractivity contribution in [3.05, 3.63) is 34.8 Å². The fraction of sp³-hybridized carbons (Fsp3) is 0.500. The molecule has 2 rings (SSSR count). The van der Waals surface area contributed by atoms with Gasteiger partial charge >= 0.3 is 0 Å². The average molecular weight is 250 g/mol. The molecule has 2 aromatic heterocycles. The molecule has 5 heteroatoms. The van der Waals surface area contributed by atoms with E-state index in [9.17, 15) is 0 Å². The number of imidazole rings is 1. The number of hydrogen-bond acceptors (Lipinski definition) is 4. The Balaban J connectivity index is 1.84. The SMILES string of the molecule is CC[C@@H](NCCn1ccnc1)c1nc(C)cs1. The molecule has 4 nitrogen and oxygen atoms in total. The first kappa shape index (κ1) is 12.3. The molecule has 0 unspecified atom stereocenters. The van der Waals surface area contributed by atoms with Crippen LogP contribution in [-0.2, 0) is 6.54 Å². The van der Waals surface area contributed by atoms with Crippen molar-refractivity contribution in [1.82, 2.24) is 19.9 Å². The Kier molecular flexibility index (Phi) is 4.28. The van der Waals surface area contributed by atoms with Crippen LogP contribution < -0.4 is 5.32 Å². The van der Waals surface area contributed by atoms with Crippen LogP contribution in [0.25, 0.3) is 0 Å². The largest absolute Gasteiger partial charge is 0.336 e. The third-order valence-electron chi connectivity index (χ3n) is 2.66. The Bertz CT molecular complexity index is 435. The summed E-state index contributed by atoms with van der Waals surface area (Å²) in [4.78, 5) is 8.56. The summed E-state index contributed by atoms with van der Waals surface area (Å²) in [5.74, 6) is 0. The van der Waals surface area contributed by atoms with Crippen LogP contribution in [0.1, 0.15) is 30.1 Å². The summed E-state index contributed by atoms with van der Waals surface area (Å²) in [6.07, 6.45) is 6.70. The third-order valence-corrected chi connectivity index (χ3v) is 3.74. The van der Waals surface area contributed by atoms with Gasteiger partial charge in [-0.15, -0.1) is 11.3 Å². The van der Waals surface area contributed by atoms with Crippen LogP contribution in [0.15, 0.2) is 24.1 Å². The number of aromatic nitrogens is 3. The molecule has 0 radical (unpaired) electrons. The van der Waals surface area contributed by atoms with Gasteiger partial charge in [-0.05, 0) is 13.3 Å². The quantitative estimate of drug-likeness (QED) is 0.856. The highest BCUT2D eigenvalue weighted by Crippen LogP contribution is 2.20. The summed E-state index contributed by atoms with van der Waals surface area (Å²) in [6, 6.07) is 0.372. The molecule has 0 bridgehead atoms. The first-order valence-corrected chi connectivity index (χ1v) is 6.78. The predicted molar refractivity (Wildman–Crippen MR) is 70.1 cm³/mol.